The molecule has 42 heavy (non-hydrogen) atoms. The van der Waals surface area contributed by atoms with Crippen LogP contribution in [-0.2, 0) is 28.0 Å². The second-order valence-electron chi connectivity index (χ2n) is 10.9. The van der Waals surface area contributed by atoms with Gasteiger partial charge in [-0.2, -0.15) is 5.26 Å². The molecule has 1 atom stereocenters. The molecule has 2 amide bonds. The van der Waals surface area contributed by atoms with E-state index < -0.39 is 39.3 Å². The second kappa shape index (κ2) is 10.5. The summed E-state index contributed by atoms with van der Waals surface area (Å²) in [6, 6.07) is 21.6. The van der Waals surface area contributed by atoms with Crippen molar-refractivity contribution in [3.8, 4) is 6.07 Å². The van der Waals surface area contributed by atoms with E-state index in [1.165, 1.54) is 23.1 Å². The SMILES string of the molecule is CC(C)(C)OC(=O)N[C@@]1(Cc2c(C#N)c(=O)oc3ccc([N+](=O)[O-])cc23)C(=O)N(Cc2ccccc2)c2ccccc21. The number of nitrogens with one attached hydrogen (secondary N) is 1. The third-order valence-electron chi connectivity index (χ3n) is 6.92. The summed E-state index contributed by atoms with van der Waals surface area (Å²) in [5.74, 6) is -0.533. The molecule has 0 saturated carbocycles. The summed E-state index contributed by atoms with van der Waals surface area (Å²) in [4.78, 5) is 53.3. The van der Waals surface area contributed by atoms with Crippen LogP contribution in [0.15, 0.2) is 82.0 Å². The van der Waals surface area contributed by atoms with Crippen molar-refractivity contribution in [2.45, 2.75) is 44.9 Å². The van der Waals surface area contributed by atoms with Crippen molar-refractivity contribution >= 4 is 34.3 Å². The van der Waals surface area contributed by atoms with Crippen molar-refractivity contribution in [1.29, 1.82) is 5.26 Å². The van der Waals surface area contributed by atoms with Crippen LogP contribution < -0.4 is 15.8 Å². The topological polar surface area (TPSA) is 156 Å². The quantitative estimate of drug-likeness (QED) is 0.192. The molecule has 2 heterocycles. The summed E-state index contributed by atoms with van der Waals surface area (Å²) in [5.41, 5.74) is -2.69. The van der Waals surface area contributed by atoms with Crippen LogP contribution in [0.1, 0.15) is 43.0 Å². The van der Waals surface area contributed by atoms with Crippen LogP contribution in [0, 0.1) is 21.4 Å². The van der Waals surface area contributed by atoms with Gasteiger partial charge in [0.15, 0.2) is 5.54 Å². The lowest BCUT2D eigenvalue weighted by molar-refractivity contribution is -0.384. The molecular formula is C31H26N4O7. The van der Waals surface area contributed by atoms with Crippen LogP contribution >= 0.6 is 0 Å². The Morgan fingerprint density at radius 2 is 1.79 bits per heavy atom. The van der Waals surface area contributed by atoms with Gasteiger partial charge < -0.3 is 19.4 Å². The Labute approximate surface area is 240 Å². The van der Waals surface area contributed by atoms with Gasteiger partial charge >= 0.3 is 11.7 Å². The minimum Gasteiger partial charge on any atom is -0.444 e. The van der Waals surface area contributed by atoms with Gasteiger partial charge in [0, 0.05) is 29.5 Å². The van der Waals surface area contributed by atoms with Gasteiger partial charge in [0.25, 0.3) is 11.6 Å². The molecule has 0 bridgehead atoms. The lowest BCUT2D eigenvalue weighted by Gasteiger charge is -2.32. The summed E-state index contributed by atoms with van der Waals surface area (Å²) >= 11 is 0. The van der Waals surface area contributed by atoms with E-state index in [1.807, 2.05) is 36.4 Å². The lowest BCUT2D eigenvalue weighted by Crippen LogP contribution is -2.55. The average molecular weight is 567 g/mol. The average Bonchev–Trinajstić information content (AvgIpc) is 3.15. The number of nitro benzene ring substituents is 1. The van der Waals surface area contributed by atoms with Gasteiger partial charge in [-0.3, -0.25) is 14.9 Å². The van der Waals surface area contributed by atoms with Crippen molar-refractivity contribution in [3.05, 3.63) is 116 Å². The van der Waals surface area contributed by atoms with Crippen LogP contribution in [-0.4, -0.2) is 22.5 Å². The van der Waals surface area contributed by atoms with Crippen LogP contribution in [0.5, 0.6) is 0 Å². The van der Waals surface area contributed by atoms with E-state index in [2.05, 4.69) is 5.32 Å². The van der Waals surface area contributed by atoms with Crippen molar-refractivity contribution in [2.75, 3.05) is 4.90 Å². The molecule has 0 spiro atoms. The fraction of sp³-hybridized carbons (Fsp3) is 0.226. The van der Waals surface area contributed by atoms with E-state index in [0.717, 1.165) is 5.56 Å². The summed E-state index contributed by atoms with van der Waals surface area (Å²) < 4.78 is 10.8. The molecule has 0 aliphatic carbocycles. The number of alkyl carbamates (subject to hydrolysis) is 1. The van der Waals surface area contributed by atoms with Gasteiger partial charge in [0.1, 0.15) is 22.8 Å². The minimum atomic E-state index is -1.84. The number of ether oxygens (including phenoxy) is 1. The molecule has 0 fully saturated rings. The van der Waals surface area contributed by atoms with E-state index in [1.54, 1.807) is 45.0 Å². The highest BCUT2D eigenvalue weighted by molar-refractivity contribution is 6.09. The number of anilines is 1. The number of carbonyl (C=O) groups is 2. The number of nitrogens with zero attached hydrogens (tertiary/aromatic N) is 3. The number of amides is 2. The summed E-state index contributed by atoms with van der Waals surface area (Å²) in [7, 11) is 0. The number of nitro groups is 1. The number of non-ortho nitro benzene ring substituents is 1. The highest BCUT2D eigenvalue weighted by atomic mass is 16.6. The van der Waals surface area contributed by atoms with Crippen LogP contribution in [0.25, 0.3) is 11.0 Å². The summed E-state index contributed by atoms with van der Waals surface area (Å²) in [5, 5.41) is 24.5. The van der Waals surface area contributed by atoms with E-state index in [-0.39, 0.29) is 35.2 Å². The first-order valence-corrected chi connectivity index (χ1v) is 13.0. The Hall–Kier alpha value is -5.50. The first-order valence-electron chi connectivity index (χ1n) is 13.0. The van der Waals surface area contributed by atoms with Gasteiger partial charge in [-0.15, -0.1) is 0 Å². The second-order valence-corrected chi connectivity index (χ2v) is 10.9. The third-order valence-corrected chi connectivity index (χ3v) is 6.92. The van der Waals surface area contributed by atoms with Crippen molar-refractivity contribution in [1.82, 2.24) is 5.32 Å². The molecule has 1 N–H and O–H groups in total. The maximum absolute atomic E-state index is 14.6. The first-order chi connectivity index (χ1) is 19.9. The largest absolute Gasteiger partial charge is 0.444 e. The molecule has 0 radical (unpaired) electrons. The number of carbonyl (C=O) groups excluding carboxylic acids is 2. The Balaban J connectivity index is 1.75. The van der Waals surface area contributed by atoms with Gasteiger partial charge in [-0.05, 0) is 44.0 Å². The number of hydrogen-bond donors (Lipinski definition) is 1. The Morgan fingerprint density at radius 3 is 2.45 bits per heavy atom. The fourth-order valence-corrected chi connectivity index (χ4v) is 5.19. The molecule has 0 unspecified atom stereocenters. The van der Waals surface area contributed by atoms with E-state index in [4.69, 9.17) is 9.15 Å². The molecular weight excluding hydrogens is 540 g/mol. The number of fused-ring (bicyclic) bond motifs is 2. The van der Waals surface area contributed by atoms with Gasteiger partial charge in [0.2, 0.25) is 0 Å². The number of nitriles is 1. The highest BCUT2D eigenvalue weighted by Gasteiger charge is 2.53. The van der Waals surface area contributed by atoms with E-state index in [0.29, 0.717) is 11.3 Å². The number of hydrogen-bond acceptors (Lipinski definition) is 8. The molecule has 11 heteroatoms. The predicted molar refractivity (Wildman–Crippen MR) is 153 cm³/mol. The molecule has 11 nitrogen and oxygen atoms in total. The number of benzene rings is 3. The molecule has 1 aliphatic heterocycles. The maximum atomic E-state index is 14.6. The molecule has 1 aromatic heterocycles. The normalized spacial score (nSPS) is 16.1. The molecule has 5 rings (SSSR count). The van der Waals surface area contributed by atoms with Crippen LogP contribution in [0.2, 0.25) is 0 Å². The summed E-state index contributed by atoms with van der Waals surface area (Å²) in [6.07, 6.45) is -1.29. The zero-order chi connectivity index (χ0) is 30.2. The van der Waals surface area contributed by atoms with Crippen molar-refractivity contribution < 1.29 is 23.7 Å². The number of para-hydroxylation sites is 1. The minimum absolute atomic E-state index is 0.00751. The molecule has 3 aromatic carbocycles. The van der Waals surface area contributed by atoms with Gasteiger partial charge in [-0.1, -0.05) is 48.5 Å². The molecule has 4 aromatic rings. The monoisotopic (exact) mass is 566 g/mol. The maximum Gasteiger partial charge on any atom is 0.408 e. The highest BCUT2D eigenvalue weighted by Crippen LogP contribution is 2.44. The van der Waals surface area contributed by atoms with Gasteiger partial charge in [0.05, 0.1) is 17.2 Å². The molecule has 1 aliphatic rings. The zero-order valence-corrected chi connectivity index (χ0v) is 23.0. The first kappa shape index (κ1) is 28.0. The lowest BCUT2D eigenvalue weighted by atomic mass is 9.82. The Bertz CT molecular complexity index is 1840. The zero-order valence-electron chi connectivity index (χ0n) is 23.0. The molecule has 0 saturated heterocycles. The van der Waals surface area contributed by atoms with Crippen molar-refractivity contribution in [2.24, 2.45) is 0 Å². The van der Waals surface area contributed by atoms with Gasteiger partial charge in [-0.25, -0.2) is 9.59 Å². The molecule has 212 valence electrons. The van der Waals surface area contributed by atoms with Crippen LogP contribution in [0.4, 0.5) is 16.2 Å². The fourth-order valence-electron chi connectivity index (χ4n) is 5.19. The van der Waals surface area contributed by atoms with Crippen LogP contribution in [0.3, 0.4) is 0 Å². The summed E-state index contributed by atoms with van der Waals surface area (Å²) in [6.45, 7) is 5.19. The number of rotatable bonds is 6. The Kier molecular flexibility index (Phi) is 7.00. The van der Waals surface area contributed by atoms with E-state index in [9.17, 15) is 29.8 Å². The Morgan fingerprint density at radius 1 is 1.10 bits per heavy atom. The smallest absolute Gasteiger partial charge is 0.408 e. The van der Waals surface area contributed by atoms with E-state index >= 15 is 0 Å². The third kappa shape index (κ3) is 5.06. The standard InChI is InChI=1S/C31H26N4O7/c1-30(2,3)42-29(38)33-31(16-22-21-15-20(35(39)40)13-14-26(21)41-27(36)23(22)17-32)24-11-7-8-12-25(24)34(28(31)37)18-19-9-5-4-6-10-19/h4-15H,16,18H2,1-3H3,(H,33,38)/t31-/m1/s1. The predicted octanol–water partition coefficient (Wildman–Crippen LogP) is 5.08. The van der Waals surface area contributed by atoms with Crippen molar-refractivity contribution in [3.63, 3.8) is 0 Å².